The van der Waals surface area contributed by atoms with Gasteiger partial charge in [0.05, 0.1) is 17.8 Å². The van der Waals surface area contributed by atoms with Crippen molar-refractivity contribution < 1.29 is 9.59 Å². The summed E-state index contributed by atoms with van der Waals surface area (Å²) in [5, 5.41) is 3.06. The quantitative estimate of drug-likeness (QED) is 0.816. The van der Waals surface area contributed by atoms with E-state index in [1.165, 1.54) is 0 Å². The summed E-state index contributed by atoms with van der Waals surface area (Å²) >= 11 is 0. The highest BCUT2D eigenvalue weighted by molar-refractivity contribution is 6.04. The molecule has 0 radical (unpaired) electrons. The normalized spacial score (nSPS) is 16.8. The van der Waals surface area contributed by atoms with Gasteiger partial charge in [0.15, 0.2) is 0 Å². The average molecular weight is 393 g/mol. The Labute approximate surface area is 171 Å². The molecule has 2 aromatic heterocycles. The monoisotopic (exact) mass is 393 g/mol. The second-order valence-electron chi connectivity index (χ2n) is 8.19. The molecule has 152 valence electrons. The number of amides is 2. The molecule has 1 fully saturated rings. The van der Waals surface area contributed by atoms with E-state index in [1.807, 2.05) is 26.0 Å². The molecule has 2 aromatic rings. The number of hydrogen-bond acceptors (Lipinski definition) is 5. The van der Waals surface area contributed by atoms with E-state index < -0.39 is 0 Å². The molecule has 1 aliphatic carbocycles. The second-order valence-corrected chi connectivity index (χ2v) is 8.19. The third kappa shape index (κ3) is 4.23. The number of likely N-dealkylation sites (N-methyl/N-ethyl adjacent to an activating group) is 1. The SMILES string of the molecule is Cc1ccnc(CC(C)N(C)C(=O)c2cnc3c(c2)N(CC2CC2)C(=O)CN3)c1. The van der Waals surface area contributed by atoms with Crippen LogP contribution in [0.5, 0.6) is 0 Å². The standard InChI is InChI=1S/C22H27N5O2/c1-14-6-7-23-18(8-14)9-15(2)26(3)22(29)17-10-19-21(24-11-17)25-12-20(28)27(19)13-16-4-5-16/h6-8,10-11,15-16H,4-5,9,12-13H2,1-3H3,(H,24,25). The van der Waals surface area contributed by atoms with Crippen molar-refractivity contribution in [3.8, 4) is 0 Å². The summed E-state index contributed by atoms with van der Waals surface area (Å²) in [7, 11) is 1.80. The molecule has 4 rings (SSSR count). The van der Waals surface area contributed by atoms with E-state index in [1.54, 1.807) is 35.3 Å². The van der Waals surface area contributed by atoms with E-state index in [0.717, 1.165) is 24.1 Å². The Hall–Kier alpha value is -2.96. The molecule has 3 heterocycles. The van der Waals surface area contributed by atoms with Crippen LogP contribution in [0.1, 0.15) is 41.4 Å². The molecule has 7 nitrogen and oxygen atoms in total. The van der Waals surface area contributed by atoms with Gasteiger partial charge in [-0.3, -0.25) is 14.6 Å². The lowest BCUT2D eigenvalue weighted by Crippen LogP contribution is -2.42. The van der Waals surface area contributed by atoms with Gasteiger partial charge >= 0.3 is 0 Å². The first-order chi connectivity index (χ1) is 13.9. The van der Waals surface area contributed by atoms with Crippen LogP contribution < -0.4 is 10.2 Å². The summed E-state index contributed by atoms with van der Waals surface area (Å²) in [5.41, 5.74) is 3.32. The molecule has 29 heavy (non-hydrogen) atoms. The van der Waals surface area contributed by atoms with Gasteiger partial charge in [0.25, 0.3) is 5.91 Å². The van der Waals surface area contributed by atoms with Crippen LogP contribution in [-0.4, -0.2) is 52.9 Å². The van der Waals surface area contributed by atoms with Crippen molar-refractivity contribution in [3.63, 3.8) is 0 Å². The zero-order chi connectivity index (χ0) is 20.5. The van der Waals surface area contributed by atoms with E-state index in [-0.39, 0.29) is 24.4 Å². The fraction of sp³-hybridized carbons (Fsp3) is 0.455. The predicted molar refractivity (Wildman–Crippen MR) is 112 cm³/mol. The minimum absolute atomic E-state index is 0.0184. The number of pyridine rings is 2. The number of nitrogens with zero attached hydrogens (tertiary/aromatic N) is 4. The van der Waals surface area contributed by atoms with E-state index in [2.05, 4.69) is 15.3 Å². The summed E-state index contributed by atoms with van der Waals surface area (Å²) in [4.78, 5) is 37.8. The third-order valence-electron chi connectivity index (χ3n) is 5.71. The van der Waals surface area contributed by atoms with Crippen LogP contribution >= 0.6 is 0 Å². The first-order valence-electron chi connectivity index (χ1n) is 10.2. The Morgan fingerprint density at radius 2 is 2.14 bits per heavy atom. The molecule has 0 bridgehead atoms. The number of carbonyl (C=O) groups is 2. The first-order valence-corrected chi connectivity index (χ1v) is 10.2. The maximum Gasteiger partial charge on any atom is 0.255 e. The van der Waals surface area contributed by atoms with Crippen molar-refractivity contribution in [3.05, 3.63) is 47.4 Å². The summed E-state index contributed by atoms with van der Waals surface area (Å²) in [6.07, 6.45) is 6.38. The maximum absolute atomic E-state index is 13.1. The Morgan fingerprint density at radius 3 is 2.86 bits per heavy atom. The molecule has 0 aromatic carbocycles. The second kappa shape index (κ2) is 7.81. The number of aromatic nitrogens is 2. The van der Waals surface area contributed by atoms with Crippen LogP contribution in [0.2, 0.25) is 0 Å². The Kier molecular flexibility index (Phi) is 5.22. The van der Waals surface area contributed by atoms with E-state index in [9.17, 15) is 9.59 Å². The lowest BCUT2D eigenvalue weighted by molar-refractivity contribution is -0.117. The van der Waals surface area contributed by atoms with Crippen molar-refractivity contribution in [1.29, 1.82) is 0 Å². The highest BCUT2D eigenvalue weighted by Gasteiger charge is 2.32. The summed E-state index contributed by atoms with van der Waals surface area (Å²) in [5.74, 6) is 1.16. The molecular formula is C22H27N5O2. The number of anilines is 2. The van der Waals surface area contributed by atoms with Crippen LogP contribution in [0.4, 0.5) is 11.5 Å². The van der Waals surface area contributed by atoms with Gasteiger partial charge in [0.1, 0.15) is 5.82 Å². The van der Waals surface area contributed by atoms with Crippen LogP contribution in [-0.2, 0) is 11.2 Å². The van der Waals surface area contributed by atoms with Gasteiger partial charge in [-0.1, -0.05) is 0 Å². The Bertz CT molecular complexity index is 941. The molecule has 0 saturated heterocycles. The number of hydrogen-bond donors (Lipinski definition) is 1. The van der Waals surface area contributed by atoms with Crippen molar-refractivity contribution in [1.82, 2.24) is 14.9 Å². The van der Waals surface area contributed by atoms with Crippen molar-refractivity contribution in [2.45, 2.75) is 39.2 Å². The third-order valence-corrected chi connectivity index (χ3v) is 5.71. The van der Waals surface area contributed by atoms with Gasteiger partial charge in [0.2, 0.25) is 5.91 Å². The number of rotatable bonds is 6. The van der Waals surface area contributed by atoms with E-state index >= 15 is 0 Å². The number of fused-ring (bicyclic) bond motifs is 1. The summed E-state index contributed by atoms with van der Waals surface area (Å²) in [6, 6.07) is 5.79. The highest BCUT2D eigenvalue weighted by Crippen LogP contribution is 2.35. The van der Waals surface area contributed by atoms with E-state index in [0.29, 0.717) is 36.0 Å². The molecule has 2 aliphatic rings. The Balaban J connectivity index is 1.52. The van der Waals surface area contributed by atoms with Crippen LogP contribution in [0, 0.1) is 12.8 Å². The molecule has 1 atom stereocenters. The average Bonchev–Trinajstić information content (AvgIpc) is 3.53. The molecule has 0 spiro atoms. The number of nitrogens with one attached hydrogen (secondary N) is 1. The van der Waals surface area contributed by atoms with Gasteiger partial charge in [-0.15, -0.1) is 0 Å². The molecular weight excluding hydrogens is 366 g/mol. The fourth-order valence-electron chi connectivity index (χ4n) is 3.61. The van der Waals surface area contributed by atoms with Crippen molar-refractivity contribution in [2.24, 2.45) is 5.92 Å². The zero-order valence-electron chi connectivity index (χ0n) is 17.2. The van der Waals surface area contributed by atoms with Crippen LogP contribution in [0.3, 0.4) is 0 Å². The smallest absolute Gasteiger partial charge is 0.255 e. The minimum atomic E-state index is -0.107. The van der Waals surface area contributed by atoms with Crippen molar-refractivity contribution in [2.75, 3.05) is 30.4 Å². The minimum Gasteiger partial charge on any atom is -0.359 e. The maximum atomic E-state index is 13.1. The molecule has 1 N–H and O–H groups in total. The topological polar surface area (TPSA) is 78.4 Å². The largest absolute Gasteiger partial charge is 0.359 e. The summed E-state index contributed by atoms with van der Waals surface area (Å²) in [6.45, 7) is 5.00. The zero-order valence-corrected chi connectivity index (χ0v) is 17.2. The summed E-state index contributed by atoms with van der Waals surface area (Å²) < 4.78 is 0. The molecule has 1 unspecified atom stereocenters. The van der Waals surface area contributed by atoms with Crippen LogP contribution in [0.25, 0.3) is 0 Å². The first kappa shape index (κ1) is 19.4. The van der Waals surface area contributed by atoms with Gasteiger partial charge in [-0.2, -0.15) is 0 Å². The Morgan fingerprint density at radius 1 is 1.34 bits per heavy atom. The van der Waals surface area contributed by atoms with E-state index in [4.69, 9.17) is 0 Å². The molecule has 1 saturated carbocycles. The number of aryl methyl sites for hydroxylation is 1. The lowest BCUT2D eigenvalue weighted by atomic mass is 10.1. The van der Waals surface area contributed by atoms with Crippen molar-refractivity contribution >= 4 is 23.3 Å². The molecule has 2 amide bonds. The molecule has 1 aliphatic heterocycles. The molecule has 7 heteroatoms. The van der Waals surface area contributed by atoms with Gasteiger partial charge in [-0.25, -0.2) is 4.98 Å². The lowest BCUT2D eigenvalue weighted by Gasteiger charge is -2.30. The van der Waals surface area contributed by atoms with Crippen LogP contribution in [0.15, 0.2) is 30.6 Å². The fourth-order valence-corrected chi connectivity index (χ4v) is 3.61. The predicted octanol–water partition coefficient (Wildman–Crippen LogP) is 2.66. The highest BCUT2D eigenvalue weighted by atomic mass is 16.2. The number of carbonyl (C=O) groups excluding carboxylic acids is 2. The van der Waals surface area contributed by atoms with Gasteiger partial charge in [-0.05, 0) is 56.4 Å². The van der Waals surface area contributed by atoms with Gasteiger partial charge < -0.3 is 15.1 Å². The van der Waals surface area contributed by atoms with Gasteiger partial charge in [0, 0.05) is 44.1 Å².